The molecule has 0 aromatic carbocycles. The van der Waals surface area contributed by atoms with Crippen molar-refractivity contribution in [3.8, 4) is 6.07 Å². The van der Waals surface area contributed by atoms with Crippen molar-refractivity contribution in [2.45, 2.75) is 31.7 Å². The van der Waals surface area contributed by atoms with Gasteiger partial charge in [0.2, 0.25) is 0 Å². The number of hydrogen-bond acceptors (Lipinski definition) is 2. The van der Waals surface area contributed by atoms with Gasteiger partial charge >= 0.3 is 5.97 Å². The topological polar surface area (TPSA) is 66.0 Å². The Kier molecular flexibility index (Phi) is 2.95. The van der Waals surface area contributed by atoms with E-state index in [2.05, 4.69) is 6.07 Å². The van der Waals surface area contributed by atoms with Gasteiger partial charge in [-0.25, -0.2) is 0 Å². The maximum absolute atomic E-state index is 10.9. The van der Waals surface area contributed by atoms with E-state index in [-0.39, 0.29) is 12.0 Å². The van der Waals surface area contributed by atoms with Crippen molar-refractivity contribution in [3.05, 3.63) is 24.0 Å². The standard InChI is InChI=1S/C12H14N2O2/c13-8-11-5-2-6-14(11)10-4-1-3-9(7-10)12(15)16/h2,5-6,9-10H,1,3-4,7H2,(H,15,16). The van der Waals surface area contributed by atoms with Crippen LogP contribution in [0.25, 0.3) is 0 Å². The van der Waals surface area contributed by atoms with Crippen molar-refractivity contribution in [1.29, 1.82) is 5.26 Å². The predicted octanol–water partition coefficient (Wildman–Crippen LogP) is 2.18. The van der Waals surface area contributed by atoms with E-state index in [0.29, 0.717) is 12.1 Å². The second kappa shape index (κ2) is 4.40. The lowest BCUT2D eigenvalue weighted by molar-refractivity contribution is -0.143. The van der Waals surface area contributed by atoms with Crippen LogP contribution in [0.3, 0.4) is 0 Å². The van der Waals surface area contributed by atoms with Crippen LogP contribution in [0, 0.1) is 17.2 Å². The molecule has 2 atom stereocenters. The normalized spacial score (nSPS) is 24.9. The van der Waals surface area contributed by atoms with Crippen LogP contribution in [-0.4, -0.2) is 15.6 Å². The average Bonchev–Trinajstić information content (AvgIpc) is 2.77. The molecule has 0 amide bonds. The van der Waals surface area contributed by atoms with Crippen LogP contribution in [0.5, 0.6) is 0 Å². The molecule has 1 fully saturated rings. The van der Waals surface area contributed by atoms with Gasteiger partial charge in [-0.05, 0) is 31.4 Å². The number of carbonyl (C=O) groups is 1. The maximum atomic E-state index is 10.9. The molecule has 0 aliphatic heterocycles. The smallest absolute Gasteiger partial charge is 0.306 e. The minimum Gasteiger partial charge on any atom is -0.481 e. The quantitative estimate of drug-likeness (QED) is 0.827. The second-order valence-electron chi connectivity index (χ2n) is 4.27. The molecule has 1 heterocycles. The zero-order chi connectivity index (χ0) is 11.5. The summed E-state index contributed by atoms with van der Waals surface area (Å²) in [5.74, 6) is -0.969. The summed E-state index contributed by atoms with van der Waals surface area (Å²) >= 11 is 0. The minimum absolute atomic E-state index is 0.166. The van der Waals surface area contributed by atoms with E-state index in [4.69, 9.17) is 10.4 Å². The lowest BCUT2D eigenvalue weighted by Crippen LogP contribution is -2.24. The number of carboxylic acids is 1. The van der Waals surface area contributed by atoms with Gasteiger partial charge in [-0.15, -0.1) is 0 Å². The van der Waals surface area contributed by atoms with Gasteiger partial charge in [-0.3, -0.25) is 4.79 Å². The highest BCUT2D eigenvalue weighted by molar-refractivity contribution is 5.70. The summed E-state index contributed by atoms with van der Waals surface area (Å²) < 4.78 is 1.91. The molecule has 1 N–H and O–H groups in total. The SMILES string of the molecule is N#Cc1cccn1C1CCCC(C(=O)O)C1. The Bertz CT molecular complexity index is 430. The fraction of sp³-hybridized carbons (Fsp3) is 0.500. The van der Waals surface area contributed by atoms with E-state index in [9.17, 15) is 4.79 Å². The molecule has 16 heavy (non-hydrogen) atoms. The third kappa shape index (κ3) is 1.94. The van der Waals surface area contributed by atoms with Crippen molar-refractivity contribution in [2.24, 2.45) is 5.92 Å². The Hall–Kier alpha value is -1.76. The highest BCUT2D eigenvalue weighted by atomic mass is 16.4. The zero-order valence-electron chi connectivity index (χ0n) is 8.97. The number of aromatic nitrogens is 1. The third-order valence-electron chi connectivity index (χ3n) is 3.28. The van der Waals surface area contributed by atoms with Crippen LogP contribution in [0.15, 0.2) is 18.3 Å². The summed E-state index contributed by atoms with van der Waals surface area (Å²) in [6.07, 6.45) is 5.15. The van der Waals surface area contributed by atoms with E-state index in [1.807, 2.05) is 16.8 Å². The van der Waals surface area contributed by atoms with Gasteiger partial charge in [0.1, 0.15) is 11.8 Å². The number of aliphatic carboxylic acids is 1. The van der Waals surface area contributed by atoms with E-state index in [0.717, 1.165) is 19.3 Å². The summed E-state index contributed by atoms with van der Waals surface area (Å²) in [6, 6.07) is 5.90. The molecule has 1 aliphatic carbocycles. The number of hydrogen-bond donors (Lipinski definition) is 1. The van der Waals surface area contributed by atoms with Crippen molar-refractivity contribution < 1.29 is 9.90 Å². The minimum atomic E-state index is -0.713. The first kappa shape index (κ1) is 10.7. The van der Waals surface area contributed by atoms with Crippen molar-refractivity contribution in [3.63, 3.8) is 0 Å². The summed E-state index contributed by atoms with van der Waals surface area (Å²) in [5, 5.41) is 17.9. The average molecular weight is 218 g/mol. The number of carboxylic acid groups (broad SMARTS) is 1. The molecule has 4 heteroatoms. The van der Waals surface area contributed by atoms with Crippen LogP contribution in [0.2, 0.25) is 0 Å². The van der Waals surface area contributed by atoms with Gasteiger partial charge in [-0.1, -0.05) is 6.42 Å². The van der Waals surface area contributed by atoms with Crippen molar-refractivity contribution in [2.75, 3.05) is 0 Å². The molecule has 1 aromatic heterocycles. The van der Waals surface area contributed by atoms with Crippen LogP contribution < -0.4 is 0 Å². The Balaban J connectivity index is 2.16. The second-order valence-corrected chi connectivity index (χ2v) is 4.27. The van der Waals surface area contributed by atoms with Crippen LogP contribution in [0.1, 0.15) is 37.4 Å². The first-order chi connectivity index (χ1) is 7.72. The first-order valence-corrected chi connectivity index (χ1v) is 5.52. The fourth-order valence-corrected chi connectivity index (χ4v) is 2.45. The molecular formula is C12H14N2O2. The fourth-order valence-electron chi connectivity index (χ4n) is 2.45. The van der Waals surface area contributed by atoms with E-state index in [1.54, 1.807) is 6.07 Å². The third-order valence-corrected chi connectivity index (χ3v) is 3.28. The molecule has 0 spiro atoms. The van der Waals surface area contributed by atoms with E-state index < -0.39 is 5.97 Å². The largest absolute Gasteiger partial charge is 0.481 e. The van der Waals surface area contributed by atoms with E-state index >= 15 is 0 Å². The van der Waals surface area contributed by atoms with Gasteiger partial charge in [0.25, 0.3) is 0 Å². The molecule has 2 rings (SSSR count). The van der Waals surface area contributed by atoms with Gasteiger partial charge in [-0.2, -0.15) is 5.26 Å². The predicted molar refractivity (Wildman–Crippen MR) is 57.8 cm³/mol. The molecule has 2 unspecified atom stereocenters. The molecule has 0 saturated heterocycles. The van der Waals surface area contributed by atoms with Gasteiger partial charge < -0.3 is 9.67 Å². The molecule has 0 radical (unpaired) electrons. The summed E-state index contributed by atoms with van der Waals surface area (Å²) in [4.78, 5) is 10.9. The zero-order valence-corrected chi connectivity index (χ0v) is 8.97. The summed E-state index contributed by atoms with van der Waals surface area (Å²) in [7, 11) is 0. The first-order valence-electron chi connectivity index (χ1n) is 5.52. The van der Waals surface area contributed by atoms with Crippen LogP contribution in [0.4, 0.5) is 0 Å². The Morgan fingerprint density at radius 1 is 1.56 bits per heavy atom. The summed E-state index contributed by atoms with van der Waals surface area (Å²) in [6.45, 7) is 0. The lowest BCUT2D eigenvalue weighted by Gasteiger charge is -2.28. The molecule has 84 valence electrons. The highest BCUT2D eigenvalue weighted by Gasteiger charge is 2.28. The number of rotatable bonds is 2. The monoisotopic (exact) mass is 218 g/mol. The van der Waals surface area contributed by atoms with Crippen LogP contribution in [-0.2, 0) is 4.79 Å². The number of nitrogens with zero attached hydrogens (tertiary/aromatic N) is 2. The summed E-state index contributed by atoms with van der Waals surface area (Å²) in [5.41, 5.74) is 0.621. The highest BCUT2D eigenvalue weighted by Crippen LogP contribution is 2.33. The van der Waals surface area contributed by atoms with E-state index in [1.165, 1.54) is 0 Å². The van der Waals surface area contributed by atoms with Gasteiger partial charge in [0.05, 0.1) is 5.92 Å². The molecule has 1 saturated carbocycles. The molecule has 0 bridgehead atoms. The van der Waals surface area contributed by atoms with Gasteiger partial charge in [0, 0.05) is 12.2 Å². The van der Waals surface area contributed by atoms with Crippen molar-refractivity contribution >= 4 is 5.97 Å². The Morgan fingerprint density at radius 2 is 2.38 bits per heavy atom. The Morgan fingerprint density at radius 3 is 3.06 bits per heavy atom. The van der Waals surface area contributed by atoms with Gasteiger partial charge in [0.15, 0.2) is 0 Å². The molecular weight excluding hydrogens is 204 g/mol. The molecule has 1 aliphatic rings. The molecule has 4 nitrogen and oxygen atoms in total. The molecule has 1 aromatic rings. The van der Waals surface area contributed by atoms with Crippen molar-refractivity contribution in [1.82, 2.24) is 4.57 Å². The number of nitriles is 1. The Labute approximate surface area is 94.1 Å². The lowest BCUT2D eigenvalue weighted by atomic mass is 9.85. The van der Waals surface area contributed by atoms with Crippen LogP contribution >= 0.6 is 0 Å². The maximum Gasteiger partial charge on any atom is 0.306 e.